The summed E-state index contributed by atoms with van der Waals surface area (Å²) in [6, 6.07) is 0. The van der Waals surface area contributed by atoms with E-state index >= 15 is 0 Å². The molecule has 2 nitrogen and oxygen atoms in total. The molecule has 0 fully saturated rings. The lowest BCUT2D eigenvalue weighted by Gasteiger charge is -2.04. The quantitative estimate of drug-likeness (QED) is 0.457. The highest BCUT2D eigenvalue weighted by Crippen LogP contribution is 2.17. The molecule has 1 aromatic heterocycles. The van der Waals surface area contributed by atoms with Gasteiger partial charge in [0.05, 0.1) is 17.4 Å². The second kappa shape index (κ2) is 5.68. The molecule has 0 aromatic carbocycles. The van der Waals surface area contributed by atoms with Gasteiger partial charge in [0.25, 0.3) is 0 Å². The second-order valence-corrected chi connectivity index (χ2v) is 4.49. The number of alkyl halides is 1. The first kappa shape index (κ1) is 11.1. The summed E-state index contributed by atoms with van der Waals surface area (Å²) in [5.41, 5.74) is 0. The van der Waals surface area contributed by atoms with Crippen molar-refractivity contribution in [2.45, 2.75) is 12.1 Å². The molecule has 0 bridgehead atoms. The van der Waals surface area contributed by atoms with Crippen molar-refractivity contribution in [3.8, 4) is 0 Å². The number of hydrogen-bond donors (Lipinski definition) is 0. The van der Waals surface area contributed by atoms with Gasteiger partial charge in [0, 0.05) is 11.6 Å². The second-order valence-electron chi connectivity index (χ2n) is 2.75. The third kappa shape index (κ3) is 4.16. The lowest BCUT2D eigenvalue weighted by atomic mass is 10.3. The van der Waals surface area contributed by atoms with Gasteiger partial charge >= 0.3 is 0 Å². The Balaban J connectivity index is 2.41. The van der Waals surface area contributed by atoms with Crippen LogP contribution in [0.2, 0.25) is 5.02 Å². The van der Waals surface area contributed by atoms with Gasteiger partial charge < -0.3 is 0 Å². The molecule has 0 saturated heterocycles. The molecule has 72 valence electrons. The topological polar surface area (TPSA) is 25.8 Å². The van der Waals surface area contributed by atoms with Gasteiger partial charge in [-0.2, -0.15) is 0 Å². The van der Waals surface area contributed by atoms with E-state index in [1.807, 2.05) is 0 Å². The summed E-state index contributed by atoms with van der Waals surface area (Å²) in [6.45, 7) is 2.09. The number of nitrogens with zero attached hydrogens (tertiary/aromatic N) is 2. The fourth-order valence-corrected chi connectivity index (χ4v) is 1.78. The monoisotopic (exact) mass is 236 g/mol. The highest BCUT2D eigenvalue weighted by molar-refractivity contribution is 7.99. The standard InChI is InChI=1S/C8H10Cl2N2S/c1-6(2-9)5-13-8-11-3-7(10)4-12-8/h3-4,6H,2,5H2,1H3. The lowest BCUT2D eigenvalue weighted by Crippen LogP contribution is -2.00. The van der Waals surface area contributed by atoms with Crippen LogP contribution in [0.4, 0.5) is 0 Å². The van der Waals surface area contributed by atoms with Crippen molar-refractivity contribution in [2.24, 2.45) is 5.92 Å². The first-order chi connectivity index (χ1) is 6.22. The fraction of sp³-hybridized carbons (Fsp3) is 0.500. The third-order valence-corrected chi connectivity index (χ3v) is 3.28. The molecule has 0 radical (unpaired) electrons. The summed E-state index contributed by atoms with van der Waals surface area (Å²) in [4.78, 5) is 8.12. The van der Waals surface area contributed by atoms with Crippen molar-refractivity contribution in [3.63, 3.8) is 0 Å². The molecule has 0 spiro atoms. The highest BCUT2D eigenvalue weighted by atomic mass is 35.5. The number of halogens is 2. The van der Waals surface area contributed by atoms with Crippen LogP contribution < -0.4 is 0 Å². The number of hydrogen-bond acceptors (Lipinski definition) is 3. The zero-order chi connectivity index (χ0) is 9.68. The largest absolute Gasteiger partial charge is 0.230 e. The van der Waals surface area contributed by atoms with Crippen molar-refractivity contribution >= 4 is 35.0 Å². The highest BCUT2D eigenvalue weighted by Gasteiger charge is 2.02. The van der Waals surface area contributed by atoms with E-state index in [0.29, 0.717) is 16.8 Å². The van der Waals surface area contributed by atoms with Crippen LogP contribution in [0.3, 0.4) is 0 Å². The van der Waals surface area contributed by atoms with E-state index in [4.69, 9.17) is 23.2 Å². The molecule has 1 unspecified atom stereocenters. The van der Waals surface area contributed by atoms with Crippen LogP contribution >= 0.6 is 35.0 Å². The summed E-state index contributed by atoms with van der Waals surface area (Å²) in [7, 11) is 0. The van der Waals surface area contributed by atoms with Gasteiger partial charge in [-0.1, -0.05) is 30.3 Å². The van der Waals surface area contributed by atoms with Gasteiger partial charge in [-0.25, -0.2) is 9.97 Å². The number of rotatable bonds is 4. The molecule has 0 saturated carbocycles. The van der Waals surface area contributed by atoms with Gasteiger partial charge in [0.2, 0.25) is 0 Å². The molecule has 0 aliphatic rings. The van der Waals surface area contributed by atoms with E-state index in [0.717, 1.165) is 10.9 Å². The average molecular weight is 237 g/mol. The minimum atomic E-state index is 0.478. The van der Waals surface area contributed by atoms with Crippen molar-refractivity contribution in [3.05, 3.63) is 17.4 Å². The van der Waals surface area contributed by atoms with E-state index in [1.54, 1.807) is 24.2 Å². The Labute approximate surface area is 92.1 Å². The molecule has 1 aromatic rings. The summed E-state index contributed by atoms with van der Waals surface area (Å²) in [6.07, 6.45) is 3.20. The zero-order valence-electron chi connectivity index (χ0n) is 7.20. The summed E-state index contributed by atoms with van der Waals surface area (Å²) < 4.78 is 0. The van der Waals surface area contributed by atoms with E-state index in [2.05, 4.69) is 16.9 Å². The maximum atomic E-state index is 5.67. The van der Waals surface area contributed by atoms with Crippen LogP contribution in [0.25, 0.3) is 0 Å². The smallest absolute Gasteiger partial charge is 0.187 e. The zero-order valence-corrected chi connectivity index (χ0v) is 9.53. The number of aromatic nitrogens is 2. The van der Waals surface area contributed by atoms with Crippen LogP contribution in [0.5, 0.6) is 0 Å². The van der Waals surface area contributed by atoms with Crippen LogP contribution in [-0.4, -0.2) is 21.6 Å². The molecule has 1 atom stereocenters. The third-order valence-electron chi connectivity index (χ3n) is 1.36. The summed E-state index contributed by atoms with van der Waals surface area (Å²) in [5.74, 6) is 2.08. The Morgan fingerprint density at radius 3 is 2.62 bits per heavy atom. The van der Waals surface area contributed by atoms with Crippen molar-refractivity contribution < 1.29 is 0 Å². The van der Waals surface area contributed by atoms with E-state index < -0.39 is 0 Å². The van der Waals surface area contributed by atoms with E-state index in [-0.39, 0.29) is 0 Å². The van der Waals surface area contributed by atoms with Gasteiger partial charge in [-0.15, -0.1) is 11.6 Å². The minimum absolute atomic E-state index is 0.478. The van der Waals surface area contributed by atoms with Crippen molar-refractivity contribution in [1.82, 2.24) is 9.97 Å². The Morgan fingerprint density at radius 1 is 1.46 bits per heavy atom. The van der Waals surface area contributed by atoms with Crippen LogP contribution in [0.15, 0.2) is 17.6 Å². The van der Waals surface area contributed by atoms with E-state index in [1.165, 1.54) is 0 Å². The first-order valence-corrected chi connectivity index (χ1v) is 5.78. The van der Waals surface area contributed by atoms with Crippen LogP contribution in [0.1, 0.15) is 6.92 Å². The van der Waals surface area contributed by atoms with Gasteiger partial charge in [-0.05, 0) is 5.92 Å². The van der Waals surface area contributed by atoms with Gasteiger partial charge in [0.1, 0.15) is 0 Å². The normalized spacial score (nSPS) is 12.8. The van der Waals surface area contributed by atoms with Crippen LogP contribution in [0, 0.1) is 5.92 Å². The Hall–Kier alpha value is 0.01000. The molecule has 13 heavy (non-hydrogen) atoms. The maximum Gasteiger partial charge on any atom is 0.187 e. The SMILES string of the molecule is CC(CCl)CSc1ncc(Cl)cn1. The maximum absolute atomic E-state index is 5.67. The molecule has 0 N–H and O–H groups in total. The Morgan fingerprint density at radius 2 is 2.08 bits per heavy atom. The Kier molecular flexibility index (Phi) is 4.84. The number of thioether (sulfide) groups is 1. The summed E-state index contributed by atoms with van der Waals surface area (Å²) >= 11 is 12.9. The van der Waals surface area contributed by atoms with Crippen LogP contribution in [-0.2, 0) is 0 Å². The molecular formula is C8H10Cl2N2S. The molecule has 0 aliphatic carbocycles. The minimum Gasteiger partial charge on any atom is -0.230 e. The fourth-order valence-electron chi connectivity index (χ4n) is 0.636. The average Bonchev–Trinajstić information content (AvgIpc) is 2.16. The van der Waals surface area contributed by atoms with Gasteiger partial charge in [0.15, 0.2) is 5.16 Å². The molecule has 1 heterocycles. The van der Waals surface area contributed by atoms with Crippen molar-refractivity contribution in [1.29, 1.82) is 0 Å². The molecular weight excluding hydrogens is 227 g/mol. The Bertz CT molecular complexity index is 253. The van der Waals surface area contributed by atoms with Crippen molar-refractivity contribution in [2.75, 3.05) is 11.6 Å². The predicted molar refractivity (Wildman–Crippen MR) is 57.7 cm³/mol. The van der Waals surface area contributed by atoms with E-state index in [9.17, 15) is 0 Å². The first-order valence-electron chi connectivity index (χ1n) is 3.88. The molecule has 0 amide bonds. The van der Waals surface area contributed by atoms with Gasteiger partial charge in [-0.3, -0.25) is 0 Å². The molecule has 1 rings (SSSR count). The predicted octanol–water partition coefficient (Wildman–Crippen LogP) is 3.10. The lowest BCUT2D eigenvalue weighted by molar-refractivity contribution is 0.756. The summed E-state index contributed by atoms with van der Waals surface area (Å²) in [5, 5.41) is 1.32. The molecule has 5 heteroatoms. The molecule has 0 aliphatic heterocycles.